The Labute approximate surface area is 126 Å². The molecular weight excluding hydrogens is 288 g/mol. The summed E-state index contributed by atoms with van der Waals surface area (Å²) in [4.78, 5) is 11.7. The second kappa shape index (κ2) is 7.11. The quantitative estimate of drug-likeness (QED) is 0.702. The molecule has 0 amide bonds. The van der Waals surface area contributed by atoms with Gasteiger partial charge in [0.2, 0.25) is 0 Å². The summed E-state index contributed by atoms with van der Waals surface area (Å²) >= 11 is 0. The fraction of sp³-hybridized carbons (Fsp3) is 0.312. The Bertz CT molecular complexity index is 731. The van der Waals surface area contributed by atoms with E-state index >= 15 is 0 Å². The van der Waals surface area contributed by atoms with E-state index in [0.717, 1.165) is 0 Å². The summed E-state index contributed by atoms with van der Waals surface area (Å²) in [5.41, 5.74) is -0.260. The molecule has 0 saturated heterocycles. The van der Waals surface area contributed by atoms with Crippen LogP contribution in [0.1, 0.15) is 18.9 Å². The van der Waals surface area contributed by atoms with Gasteiger partial charge in [-0.05, 0) is 31.2 Å². The van der Waals surface area contributed by atoms with Gasteiger partial charge in [0.1, 0.15) is 22.6 Å². The number of hydrogen-bond donors (Lipinski definition) is 3. The number of benzene rings is 1. The van der Waals surface area contributed by atoms with E-state index in [1.165, 1.54) is 12.1 Å². The second-order valence-corrected chi connectivity index (χ2v) is 4.78. The zero-order chi connectivity index (χ0) is 16.1. The number of rotatable bonds is 6. The van der Waals surface area contributed by atoms with E-state index in [0.29, 0.717) is 11.1 Å². The molecule has 3 N–H and O–H groups in total. The van der Waals surface area contributed by atoms with Gasteiger partial charge in [-0.2, -0.15) is 0 Å². The monoisotopic (exact) mass is 306 g/mol. The summed E-state index contributed by atoms with van der Waals surface area (Å²) in [5, 5.41) is 28.5. The predicted octanol–water partition coefficient (Wildman–Crippen LogP) is 1.65. The number of aliphatic hydroxyl groups excluding tert-OH is 2. The molecule has 0 bridgehead atoms. The van der Waals surface area contributed by atoms with E-state index in [4.69, 9.17) is 14.3 Å². The first kappa shape index (κ1) is 16.1. The summed E-state index contributed by atoms with van der Waals surface area (Å²) in [6, 6.07) is 4.70. The Morgan fingerprint density at radius 3 is 2.86 bits per heavy atom. The van der Waals surface area contributed by atoms with Gasteiger partial charge in [-0.1, -0.05) is 6.08 Å². The Morgan fingerprint density at radius 2 is 2.18 bits per heavy atom. The lowest BCUT2D eigenvalue weighted by Crippen LogP contribution is -2.15. The average Bonchev–Trinajstić information content (AvgIpc) is 2.51. The summed E-state index contributed by atoms with van der Waals surface area (Å²) in [6.07, 6.45) is 2.57. The van der Waals surface area contributed by atoms with Gasteiger partial charge in [-0.3, -0.25) is 0 Å². The zero-order valence-corrected chi connectivity index (χ0v) is 12.2. The average molecular weight is 306 g/mol. The highest BCUT2D eigenvalue weighted by Crippen LogP contribution is 2.30. The standard InChI is InChI=1S/C16H18O6/c1-2-3-12-15(19)13-8-11(21-7-6-10(18)9-17)4-5-14(13)22-16(12)20/h2-5,8,10,17-19H,6-7,9H2,1H3. The van der Waals surface area contributed by atoms with Crippen LogP contribution in [0, 0.1) is 0 Å². The van der Waals surface area contributed by atoms with Crippen molar-refractivity contribution in [1.82, 2.24) is 0 Å². The molecule has 118 valence electrons. The molecule has 0 radical (unpaired) electrons. The number of fused-ring (bicyclic) bond motifs is 1. The lowest BCUT2D eigenvalue weighted by atomic mass is 10.1. The van der Waals surface area contributed by atoms with Gasteiger partial charge >= 0.3 is 5.63 Å². The summed E-state index contributed by atoms with van der Waals surface area (Å²) in [6.45, 7) is 1.63. The third-order valence-corrected chi connectivity index (χ3v) is 3.15. The first-order valence-electron chi connectivity index (χ1n) is 6.91. The maximum Gasteiger partial charge on any atom is 0.347 e. The van der Waals surface area contributed by atoms with Crippen LogP contribution in [0.5, 0.6) is 11.5 Å². The molecule has 1 unspecified atom stereocenters. The minimum absolute atomic E-state index is 0.0860. The second-order valence-electron chi connectivity index (χ2n) is 4.78. The molecule has 0 aliphatic carbocycles. The lowest BCUT2D eigenvalue weighted by Gasteiger charge is -2.10. The molecule has 1 aromatic heterocycles. The molecule has 22 heavy (non-hydrogen) atoms. The van der Waals surface area contributed by atoms with Gasteiger partial charge in [-0.15, -0.1) is 0 Å². The van der Waals surface area contributed by atoms with Crippen molar-refractivity contribution < 1.29 is 24.5 Å². The van der Waals surface area contributed by atoms with Crippen LogP contribution in [0.15, 0.2) is 33.5 Å². The first-order chi connectivity index (χ1) is 10.6. The lowest BCUT2D eigenvalue weighted by molar-refractivity contribution is 0.0754. The normalized spacial score (nSPS) is 12.9. The van der Waals surface area contributed by atoms with E-state index in [9.17, 15) is 15.0 Å². The predicted molar refractivity (Wildman–Crippen MR) is 82.1 cm³/mol. The molecule has 1 aromatic carbocycles. The van der Waals surface area contributed by atoms with Crippen molar-refractivity contribution in [1.29, 1.82) is 0 Å². The summed E-state index contributed by atoms with van der Waals surface area (Å²) in [5.74, 6) is 0.304. The molecule has 0 spiro atoms. The molecule has 1 heterocycles. The van der Waals surface area contributed by atoms with Crippen LogP contribution >= 0.6 is 0 Å². The number of aliphatic hydroxyl groups is 2. The largest absolute Gasteiger partial charge is 0.506 e. The Kier molecular flexibility index (Phi) is 5.19. The number of ether oxygens (including phenoxy) is 1. The van der Waals surface area contributed by atoms with Crippen molar-refractivity contribution in [2.24, 2.45) is 0 Å². The van der Waals surface area contributed by atoms with Crippen LogP contribution in [-0.2, 0) is 0 Å². The van der Waals surface area contributed by atoms with Crippen LogP contribution in [0.4, 0.5) is 0 Å². The van der Waals surface area contributed by atoms with Crippen molar-refractivity contribution in [3.8, 4) is 11.5 Å². The highest BCUT2D eigenvalue weighted by Gasteiger charge is 2.12. The van der Waals surface area contributed by atoms with Gasteiger partial charge in [0, 0.05) is 6.42 Å². The van der Waals surface area contributed by atoms with Gasteiger partial charge in [0.25, 0.3) is 0 Å². The van der Waals surface area contributed by atoms with Crippen LogP contribution < -0.4 is 10.4 Å². The van der Waals surface area contributed by atoms with Crippen LogP contribution in [0.25, 0.3) is 17.0 Å². The fourth-order valence-corrected chi connectivity index (χ4v) is 1.99. The molecule has 0 fully saturated rings. The molecule has 6 nitrogen and oxygen atoms in total. The summed E-state index contributed by atoms with van der Waals surface area (Å²) in [7, 11) is 0. The van der Waals surface area contributed by atoms with E-state index in [2.05, 4.69) is 0 Å². The van der Waals surface area contributed by atoms with Crippen molar-refractivity contribution >= 4 is 17.0 Å². The Hall–Kier alpha value is -2.31. The van der Waals surface area contributed by atoms with Crippen molar-refractivity contribution in [3.05, 3.63) is 40.3 Å². The smallest absolute Gasteiger partial charge is 0.347 e. The fourth-order valence-electron chi connectivity index (χ4n) is 1.99. The van der Waals surface area contributed by atoms with E-state index < -0.39 is 11.7 Å². The molecule has 6 heteroatoms. The summed E-state index contributed by atoms with van der Waals surface area (Å²) < 4.78 is 10.6. The van der Waals surface area contributed by atoms with Crippen molar-refractivity contribution in [2.45, 2.75) is 19.4 Å². The van der Waals surface area contributed by atoms with E-state index in [-0.39, 0.29) is 36.5 Å². The molecule has 0 aliphatic heterocycles. The highest BCUT2D eigenvalue weighted by atomic mass is 16.5. The molecule has 1 atom stereocenters. The molecular formula is C16H18O6. The van der Waals surface area contributed by atoms with Gasteiger partial charge in [0.15, 0.2) is 0 Å². The maximum absolute atomic E-state index is 11.7. The number of aromatic hydroxyl groups is 1. The highest BCUT2D eigenvalue weighted by molar-refractivity contribution is 5.87. The van der Waals surface area contributed by atoms with E-state index in [1.807, 2.05) is 0 Å². The number of allylic oxidation sites excluding steroid dienone is 1. The van der Waals surface area contributed by atoms with Crippen LogP contribution in [0.2, 0.25) is 0 Å². The molecule has 2 rings (SSSR count). The van der Waals surface area contributed by atoms with E-state index in [1.54, 1.807) is 25.1 Å². The minimum atomic E-state index is -0.826. The van der Waals surface area contributed by atoms with Crippen molar-refractivity contribution in [3.63, 3.8) is 0 Å². The third kappa shape index (κ3) is 3.47. The molecule has 2 aromatic rings. The molecule has 0 aliphatic rings. The van der Waals surface area contributed by atoms with Gasteiger partial charge < -0.3 is 24.5 Å². The minimum Gasteiger partial charge on any atom is -0.506 e. The van der Waals surface area contributed by atoms with Gasteiger partial charge in [-0.25, -0.2) is 4.79 Å². The SMILES string of the molecule is CC=Cc1c(O)c2cc(OCCC(O)CO)ccc2oc1=O. The first-order valence-corrected chi connectivity index (χ1v) is 6.91. The van der Waals surface area contributed by atoms with Crippen LogP contribution in [-0.4, -0.2) is 34.6 Å². The third-order valence-electron chi connectivity index (χ3n) is 3.15. The topological polar surface area (TPSA) is 100 Å². The van der Waals surface area contributed by atoms with Crippen LogP contribution in [0.3, 0.4) is 0 Å². The number of hydrogen-bond acceptors (Lipinski definition) is 6. The maximum atomic E-state index is 11.7. The Balaban J connectivity index is 2.31. The Morgan fingerprint density at radius 1 is 1.41 bits per heavy atom. The molecule has 0 saturated carbocycles. The van der Waals surface area contributed by atoms with Gasteiger partial charge in [0.05, 0.1) is 24.7 Å². The van der Waals surface area contributed by atoms with Crippen molar-refractivity contribution in [2.75, 3.05) is 13.2 Å². The zero-order valence-electron chi connectivity index (χ0n) is 12.2.